The molecule has 2 aromatic rings. The second-order valence-electron chi connectivity index (χ2n) is 6.91. The molecule has 0 unspecified atom stereocenters. The van der Waals surface area contributed by atoms with Crippen LogP contribution in [0.3, 0.4) is 0 Å². The average Bonchev–Trinajstić information content (AvgIpc) is 3.16. The molecule has 1 heterocycles. The Labute approximate surface area is 162 Å². The summed E-state index contributed by atoms with van der Waals surface area (Å²) in [5.41, 5.74) is 1.66. The fourth-order valence-corrected chi connectivity index (χ4v) is 3.35. The Hall–Kier alpha value is -2.96. The van der Waals surface area contributed by atoms with Gasteiger partial charge >= 0.3 is 6.03 Å². The van der Waals surface area contributed by atoms with Gasteiger partial charge in [-0.15, -0.1) is 0 Å². The van der Waals surface area contributed by atoms with E-state index in [2.05, 4.69) is 5.32 Å². The number of carbonyl (C=O) groups is 2. The molecule has 3 rings (SSSR count). The van der Waals surface area contributed by atoms with E-state index in [1.54, 1.807) is 41.1 Å². The second kappa shape index (κ2) is 8.37. The van der Waals surface area contributed by atoms with Crippen molar-refractivity contribution in [2.45, 2.75) is 25.8 Å². The minimum atomic E-state index is -0.638. The third-order valence-electron chi connectivity index (χ3n) is 5.02. The quantitative estimate of drug-likeness (QED) is 0.859. The maximum absolute atomic E-state index is 13.4. The van der Waals surface area contributed by atoms with Crippen LogP contribution in [-0.2, 0) is 4.79 Å². The van der Waals surface area contributed by atoms with Crippen molar-refractivity contribution in [2.24, 2.45) is 0 Å². The van der Waals surface area contributed by atoms with Gasteiger partial charge in [-0.3, -0.25) is 4.79 Å². The molecule has 3 amide bonds. The lowest BCUT2D eigenvalue weighted by Crippen LogP contribution is -2.42. The molecule has 7 heteroatoms. The van der Waals surface area contributed by atoms with E-state index in [1.165, 1.54) is 12.1 Å². The smallest absolute Gasteiger partial charge is 0.321 e. The molecule has 1 saturated heterocycles. The predicted molar refractivity (Wildman–Crippen MR) is 104 cm³/mol. The third kappa shape index (κ3) is 4.47. The zero-order chi connectivity index (χ0) is 20.3. The van der Waals surface area contributed by atoms with Crippen LogP contribution < -0.4 is 5.32 Å². The summed E-state index contributed by atoms with van der Waals surface area (Å²) >= 11 is 0. The Kier molecular flexibility index (Phi) is 5.92. The molecule has 0 radical (unpaired) electrons. The van der Waals surface area contributed by atoms with E-state index in [9.17, 15) is 18.4 Å². The van der Waals surface area contributed by atoms with Gasteiger partial charge in [0.1, 0.15) is 11.6 Å². The standard InChI is InChI=1S/C21H23F2N3O2/c1-3-20(27)26-9-8-19(13-26)25(2)21(28)24-18-6-4-14(5-7-18)15-10-16(22)12-17(23)11-15/h4-7,10-12,19H,3,8-9,13H2,1-2H3,(H,24,28)/t19-/m0/s1. The third-order valence-corrected chi connectivity index (χ3v) is 5.02. The van der Waals surface area contributed by atoms with Gasteiger partial charge in [0.05, 0.1) is 6.04 Å². The van der Waals surface area contributed by atoms with Gasteiger partial charge in [-0.1, -0.05) is 19.1 Å². The summed E-state index contributed by atoms with van der Waals surface area (Å²) in [6, 6.07) is 9.82. The summed E-state index contributed by atoms with van der Waals surface area (Å²) in [7, 11) is 1.71. The average molecular weight is 387 g/mol. The monoisotopic (exact) mass is 387 g/mol. The van der Waals surface area contributed by atoms with Gasteiger partial charge in [-0.05, 0) is 41.8 Å². The highest BCUT2D eigenvalue weighted by atomic mass is 19.1. The first-order chi connectivity index (χ1) is 13.4. The van der Waals surface area contributed by atoms with Crippen molar-refractivity contribution >= 4 is 17.6 Å². The number of carbonyl (C=O) groups excluding carboxylic acids is 2. The number of urea groups is 1. The predicted octanol–water partition coefficient (Wildman–Crippen LogP) is 4.11. The fraction of sp³-hybridized carbons (Fsp3) is 0.333. The van der Waals surface area contributed by atoms with E-state index in [1.807, 2.05) is 6.92 Å². The van der Waals surface area contributed by atoms with E-state index in [-0.39, 0.29) is 18.0 Å². The van der Waals surface area contributed by atoms with Crippen LogP contribution in [-0.4, -0.2) is 47.9 Å². The summed E-state index contributed by atoms with van der Waals surface area (Å²) in [6.45, 7) is 3.03. The lowest BCUT2D eigenvalue weighted by Gasteiger charge is -2.25. The largest absolute Gasteiger partial charge is 0.341 e. The first kappa shape index (κ1) is 19.8. The minimum absolute atomic E-state index is 0.0231. The Morgan fingerprint density at radius 3 is 2.36 bits per heavy atom. The topological polar surface area (TPSA) is 52.7 Å². The van der Waals surface area contributed by atoms with Crippen molar-refractivity contribution in [2.75, 3.05) is 25.5 Å². The highest BCUT2D eigenvalue weighted by molar-refractivity contribution is 5.90. The first-order valence-electron chi connectivity index (χ1n) is 9.25. The molecular weight excluding hydrogens is 364 g/mol. The molecule has 1 atom stereocenters. The minimum Gasteiger partial charge on any atom is -0.341 e. The number of likely N-dealkylation sites (N-methyl/N-ethyl adjacent to an activating group) is 1. The molecule has 1 aliphatic heterocycles. The zero-order valence-electron chi connectivity index (χ0n) is 15.9. The number of hydrogen-bond donors (Lipinski definition) is 1. The molecule has 5 nitrogen and oxygen atoms in total. The fourth-order valence-electron chi connectivity index (χ4n) is 3.35. The van der Waals surface area contributed by atoms with Crippen LogP contribution in [0.2, 0.25) is 0 Å². The van der Waals surface area contributed by atoms with Gasteiger partial charge in [0.25, 0.3) is 0 Å². The Balaban J connectivity index is 1.62. The van der Waals surface area contributed by atoms with E-state index in [0.29, 0.717) is 36.3 Å². The molecule has 0 spiro atoms. The summed E-state index contributed by atoms with van der Waals surface area (Å²) < 4.78 is 26.7. The van der Waals surface area contributed by atoms with Crippen LogP contribution in [0, 0.1) is 11.6 Å². The van der Waals surface area contributed by atoms with Gasteiger partial charge in [0, 0.05) is 38.3 Å². The molecule has 0 aliphatic carbocycles. The van der Waals surface area contributed by atoms with E-state index in [4.69, 9.17) is 0 Å². The number of amides is 3. The summed E-state index contributed by atoms with van der Waals surface area (Å²) in [4.78, 5) is 27.7. The normalized spacial score (nSPS) is 16.1. The summed E-state index contributed by atoms with van der Waals surface area (Å²) in [5, 5.41) is 2.81. The van der Waals surface area contributed by atoms with Crippen LogP contribution >= 0.6 is 0 Å². The van der Waals surface area contributed by atoms with Gasteiger partial charge in [0.2, 0.25) is 5.91 Å². The van der Waals surface area contributed by atoms with Crippen molar-refractivity contribution in [3.8, 4) is 11.1 Å². The van der Waals surface area contributed by atoms with Crippen LogP contribution in [0.15, 0.2) is 42.5 Å². The Bertz CT molecular complexity index is 850. The van der Waals surface area contributed by atoms with Crippen molar-refractivity contribution < 1.29 is 18.4 Å². The maximum atomic E-state index is 13.4. The van der Waals surface area contributed by atoms with E-state index >= 15 is 0 Å². The lowest BCUT2D eigenvalue weighted by atomic mass is 10.1. The molecule has 28 heavy (non-hydrogen) atoms. The molecule has 1 N–H and O–H groups in total. The van der Waals surface area contributed by atoms with Crippen LogP contribution in [0.25, 0.3) is 11.1 Å². The number of nitrogens with zero attached hydrogens (tertiary/aromatic N) is 2. The van der Waals surface area contributed by atoms with Gasteiger partial charge < -0.3 is 15.1 Å². The van der Waals surface area contributed by atoms with E-state index < -0.39 is 11.6 Å². The highest BCUT2D eigenvalue weighted by Crippen LogP contribution is 2.24. The van der Waals surface area contributed by atoms with Gasteiger partial charge in [-0.25, -0.2) is 13.6 Å². The number of likely N-dealkylation sites (tertiary alicyclic amines) is 1. The number of benzene rings is 2. The number of halogens is 2. The van der Waals surface area contributed by atoms with Crippen LogP contribution in [0.1, 0.15) is 19.8 Å². The number of nitrogens with one attached hydrogen (secondary N) is 1. The molecule has 2 aromatic carbocycles. The Morgan fingerprint density at radius 1 is 1.11 bits per heavy atom. The van der Waals surface area contributed by atoms with Gasteiger partial charge in [0.15, 0.2) is 0 Å². The molecule has 1 aliphatic rings. The van der Waals surface area contributed by atoms with Crippen molar-refractivity contribution in [1.82, 2.24) is 9.80 Å². The first-order valence-corrected chi connectivity index (χ1v) is 9.25. The highest BCUT2D eigenvalue weighted by Gasteiger charge is 2.30. The maximum Gasteiger partial charge on any atom is 0.321 e. The number of hydrogen-bond acceptors (Lipinski definition) is 2. The van der Waals surface area contributed by atoms with E-state index in [0.717, 1.165) is 12.5 Å². The SMILES string of the molecule is CCC(=O)N1CC[C@H](N(C)C(=O)Nc2ccc(-c3cc(F)cc(F)c3)cc2)C1. The van der Waals surface area contributed by atoms with Crippen molar-refractivity contribution in [3.05, 3.63) is 54.1 Å². The van der Waals surface area contributed by atoms with Crippen molar-refractivity contribution in [1.29, 1.82) is 0 Å². The Morgan fingerprint density at radius 2 is 1.75 bits per heavy atom. The summed E-state index contributed by atoms with van der Waals surface area (Å²) in [5.74, 6) is -1.18. The number of rotatable bonds is 4. The molecule has 148 valence electrons. The van der Waals surface area contributed by atoms with Gasteiger partial charge in [-0.2, -0.15) is 0 Å². The second-order valence-corrected chi connectivity index (χ2v) is 6.91. The van der Waals surface area contributed by atoms with Crippen LogP contribution in [0.4, 0.5) is 19.3 Å². The molecule has 0 saturated carbocycles. The lowest BCUT2D eigenvalue weighted by molar-refractivity contribution is -0.129. The molecule has 0 aromatic heterocycles. The summed E-state index contributed by atoms with van der Waals surface area (Å²) in [6.07, 6.45) is 1.21. The van der Waals surface area contributed by atoms with Crippen molar-refractivity contribution in [3.63, 3.8) is 0 Å². The zero-order valence-corrected chi connectivity index (χ0v) is 15.9. The molecule has 1 fully saturated rings. The van der Waals surface area contributed by atoms with Crippen LogP contribution in [0.5, 0.6) is 0 Å². The molecular formula is C21H23F2N3O2. The molecule has 0 bridgehead atoms. The number of anilines is 1.